The molecule has 0 aliphatic heterocycles. The molecule has 0 atom stereocenters. The number of carbonyl (C=O) groups is 1. The van der Waals surface area contributed by atoms with Gasteiger partial charge in [0, 0.05) is 13.6 Å². The van der Waals surface area contributed by atoms with Gasteiger partial charge in [-0.15, -0.1) is 0 Å². The summed E-state index contributed by atoms with van der Waals surface area (Å²) in [7, 11) is 1.87. The monoisotopic (exact) mass is 199 g/mol. The number of carbonyl (C=O) groups excluding carboxylic acids is 1. The van der Waals surface area contributed by atoms with Gasteiger partial charge in [0.05, 0.1) is 6.10 Å². The molecule has 1 aliphatic carbocycles. The summed E-state index contributed by atoms with van der Waals surface area (Å²) >= 11 is 0. The first-order valence-corrected chi connectivity index (χ1v) is 5.45. The van der Waals surface area contributed by atoms with Gasteiger partial charge in [-0.3, -0.25) is 4.79 Å². The molecule has 0 saturated heterocycles. The van der Waals surface area contributed by atoms with Crippen molar-refractivity contribution < 1.29 is 9.53 Å². The highest BCUT2D eigenvalue weighted by Gasteiger charge is 2.21. The van der Waals surface area contributed by atoms with Crippen molar-refractivity contribution in [2.75, 3.05) is 20.2 Å². The minimum Gasteiger partial charge on any atom is -0.369 e. The summed E-state index contributed by atoms with van der Waals surface area (Å²) in [6, 6.07) is 0. The Balaban J connectivity index is 2.14. The summed E-state index contributed by atoms with van der Waals surface area (Å²) in [6.07, 6.45) is 4.02. The molecule has 0 unspecified atom stereocenters. The lowest BCUT2D eigenvalue weighted by molar-refractivity contribution is -0.137. The Morgan fingerprint density at radius 1 is 1.50 bits per heavy atom. The van der Waals surface area contributed by atoms with Gasteiger partial charge >= 0.3 is 0 Å². The van der Waals surface area contributed by atoms with Crippen LogP contribution in [0.15, 0.2) is 0 Å². The van der Waals surface area contributed by atoms with E-state index in [1.807, 2.05) is 20.9 Å². The second-order valence-corrected chi connectivity index (χ2v) is 4.43. The first kappa shape index (κ1) is 11.5. The van der Waals surface area contributed by atoms with E-state index in [0.717, 1.165) is 12.5 Å². The molecule has 14 heavy (non-hydrogen) atoms. The number of rotatable bonds is 5. The standard InChI is InChI=1S/C11H21NO2/c1-9(2)14-8-11(13)12(3)7-10-5-4-6-10/h9-10H,4-8H2,1-3H3. The van der Waals surface area contributed by atoms with Gasteiger partial charge in [-0.1, -0.05) is 6.42 Å². The Morgan fingerprint density at radius 2 is 2.14 bits per heavy atom. The third-order valence-electron chi connectivity index (χ3n) is 2.72. The maximum absolute atomic E-state index is 11.5. The van der Waals surface area contributed by atoms with Crippen LogP contribution in [-0.2, 0) is 9.53 Å². The van der Waals surface area contributed by atoms with Crippen LogP contribution in [0, 0.1) is 5.92 Å². The average molecular weight is 199 g/mol. The van der Waals surface area contributed by atoms with Crippen molar-refractivity contribution in [1.29, 1.82) is 0 Å². The van der Waals surface area contributed by atoms with Crippen LogP contribution < -0.4 is 0 Å². The van der Waals surface area contributed by atoms with Gasteiger partial charge in [0.25, 0.3) is 0 Å². The Bertz CT molecular complexity index is 188. The quantitative estimate of drug-likeness (QED) is 0.674. The highest BCUT2D eigenvalue weighted by atomic mass is 16.5. The second kappa shape index (κ2) is 5.35. The lowest BCUT2D eigenvalue weighted by atomic mass is 9.85. The Labute approximate surface area is 86.4 Å². The van der Waals surface area contributed by atoms with E-state index in [-0.39, 0.29) is 18.6 Å². The van der Waals surface area contributed by atoms with Crippen LogP contribution >= 0.6 is 0 Å². The molecule has 0 aromatic carbocycles. The van der Waals surface area contributed by atoms with Gasteiger partial charge in [-0.25, -0.2) is 0 Å². The molecule has 0 N–H and O–H groups in total. The van der Waals surface area contributed by atoms with Crippen LogP contribution in [0.4, 0.5) is 0 Å². The van der Waals surface area contributed by atoms with Crippen LogP contribution in [0.3, 0.4) is 0 Å². The van der Waals surface area contributed by atoms with Crippen LogP contribution in [0.25, 0.3) is 0 Å². The zero-order valence-electron chi connectivity index (χ0n) is 9.45. The number of hydrogen-bond donors (Lipinski definition) is 0. The third-order valence-corrected chi connectivity index (χ3v) is 2.72. The normalized spacial score (nSPS) is 16.9. The summed E-state index contributed by atoms with van der Waals surface area (Å²) in [5.41, 5.74) is 0. The molecule has 1 fully saturated rings. The van der Waals surface area contributed by atoms with E-state index < -0.39 is 0 Å². The molecule has 1 aliphatic rings. The predicted molar refractivity (Wildman–Crippen MR) is 56.1 cm³/mol. The Morgan fingerprint density at radius 3 is 2.57 bits per heavy atom. The van der Waals surface area contributed by atoms with Crippen molar-refractivity contribution >= 4 is 5.91 Å². The Kier molecular flexibility index (Phi) is 4.39. The van der Waals surface area contributed by atoms with Gasteiger partial charge < -0.3 is 9.64 Å². The molecule has 1 saturated carbocycles. The highest BCUT2D eigenvalue weighted by molar-refractivity contribution is 5.77. The molecule has 82 valence electrons. The Hall–Kier alpha value is -0.570. The molecule has 3 nitrogen and oxygen atoms in total. The number of likely N-dealkylation sites (N-methyl/N-ethyl adjacent to an activating group) is 1. The number of nitrogens with zero attached hydrogens (tertiary/aromatic N) is 1. The van der Waals surface area contributed by atoms with Gasteiger partial charge in [0.2, 0.25) is 5.91 Å². The largest absolute Gasteiger partial charge is 0.369 e. The fourth-order valence-electron chi connectivity index (χ4n) is 1.51. The van der Waals surface area contributed by atoms with Crippen molar-refractivity contribution in [1.82, 2.24) is 4.90 Å². The zero-order valence-corrected chi connectivity index (χ0v) is 9.45. The van der Waals surface area contributed by atoms with Crippen molar-refractivity contribution in [3.05, 3.63) is 0 Å². The summed E-state index contributed by atoms with van der Waals surface area (Å²) in [5.74, 6) is 0.841. The van der Waals surface area contributed by atoms with Crippen LogP contribution in [0.1, 0.15) is 33.1 Å². The topological polar surface area (TPSA) is 29.5 Å². The number of hydrogen-bond acceptors (Lipinski definition) is 2. The van der Waals surface area contributed by atoms with Crippen LogP contribution in [0.5, 0.6) is 0 Å². The lowest BCUT2D eigenvalue weighted by Crippen LogP contribution is -2.36. The molecule has 0 radical (unpaired) electrons. The average Bonchev–Trinajstić information content (AvgIpc) is 2.06. The third kappa shape index (κ3) is 3.66. The minimum atomic E-state index is 0.102. The molecule has 0 spiro atoms. The number of ether oxygens (including phenoxy) is 1. The maximum Gasteiger partial charge on any atom is 0.248 e. The first-order chi connectivity index (χ1) is 6.59. The minimum absolute atomic E-state index is 0.102. The van der Waals surface area contributed by atoms with Gasteiger partial charge in [-0.2, -0.15) is 0 Å². The van der Waals surface area contributed by atoms with E-state index in [9.17, 15) is 4.79 Å². The second-order valence-electron chi connectivity index (χ2n) is 4.43. The number of amides is 1. The SMILES string of the molecule is CC(C)OCC(=O)N(C)CC1CCC1. The molecule has 1 amide bonds. The predicted octanol–water partition coefficient (Wildman–Crippen LogP) is 1.67. The summed E-state index contributed by atoms with van der Waals surface area (Å²) in [4.78, 5) is 13.3. The molecule has 0 heterocycles. The molecular formula is C11H21NO2. The van der Waals surface area contributed by atoms with E-state index in [0.29, 0.717) is 0 Å². The highest BCUT2D eigenvalue weighted by Crippen LogP contribution is 2.26. The fourth-order valence-corrected chi connectivity index (χ4v) is 1.51. The van der Waals surface area contributed by atoms with Crippen LogP contribution in [0.2, 0.25) is 0 Å². The first-order valence-electron chi connectivity index (χ1n) is 5.45. The van der Waals surface area contributed by atoms with Crippen molar-refractivity contribution in [3.8, 4) is 0 Å². The van der Waals surface area contributed by atoms with E-state index >= 15 is 0 Å². The van der Waals surface area contributed by atoms with E-state index in [2.05, 4.69) is 0 Å². The molecule has 0 bridgehead atoms. The molecule has 0 aromatic heterocycles. The van der Waals surface area contributed by atoms with E-state index in [4.69, 9.17) is 4.74 Å². The van der Waals surface area contributed by atoms with Gasteiger partial charge in [0.1, 0.15) is 6.61 Å². The van der Waals surface area contributed by atoms with Crippen molar-refractivity contribution in [2.45, 2.75) is 39.2 Å². The molecule has 3 heteroatoms. The van der Waals surface area contributed by atoms with Crippen LogP contribution in [-0.4, -0.2) is 37.1 Å². The molecule has 0 aromatic rings. The smallest absolute Gasteiger partial charge is 0.248 e. The van der Waals surface area contributed by atoms with Crippen molar-refractivity contribution in [2.24, 2.45) is 5.92 Å². The summed E-state index contributed by atoms with van der Waals surface area (Å²) in [6.45, 7) is 5.01. The zero-order chi connectivity index (χ0) is 10.6. The van der Waals surface area contributed by atoms with E-state index in [1.54, 1.807) is 4.90 Å². The van der Waals surface area contributed by atoms with Gasteiger partial charge in [0.15, 0.2) is 0 Å². The summed E-state index contributed by atoms with van der Waals surface area (Å²) in [5, 5.41) is 0. The van der Waals surface area contributed by atoms with E-state index in [1.165, 1.54) is 19.3 Å². The fraction of sp³-hybridized carbons (Fsp3) is 0.909. The van der Waals surface area contributed by atoms with Crippen molar-refractivity contribution in [3.63, 3.8) is 0 Å². The van der Waals surface area contributed by atoms with Gasteiger partial charge in [-0.05, 0) is 32.6 Å². The molecule has 1 rings (SSSR count). The maximum atomic E-state index is 11.5. The lowest BCUT2D eigenvalue weighted by Gasteiger charge is -2.30. The molecular weight excluding hydrogens is 178 g/mol. The summed E-state index contributed by atoms with van der Waals surface area (Å²) < 4.78 is 5.27.